The molecule has 21 heavy (non-hydrogen) atoms. The molecule has 0 radical (unpaired) electrons. The third kappa shape index (κ3) is 2.28. The van der Waals surface area contributed by atoms with Crippen molar-refractivity contribution in [2.24, 2.45) is 0 Å². The van der Waals surface area contributed by atoms with Gasteiger partial charge in [0.25, 0.3) is 0 Å². The number of aromatic nitrogens is 2. The van der Waals surface area contributed by atoms with Gasteiger partial charge in [-0.1, -0.05) is 48.5 Å². The molecule has 0 spiro atoms. The van der Waals surface area contributed by atoms with Crippen LogP contribution in [0.15, 0.2) is 70.0 Å². The summed E-state index contributed by atoms with van der Waals surface area (Å²) in [5.41, 5.74) is -0.638. The number of rotatable bonds is 3. The van der Waals surface area contributed by atoms with Crippen LogP contribution >= 0.6 is 0 Å². The van der Waals surface area contributed by atoms with E-state index in [1.807, 2.05) is 48.5 Å². The first kappa shape index (κ1) is 13.3. The molecule has 1 atom stereocenters. The molecule has 2 N–H and O–H groups in total. The summed E-state index contributed by atoms with van der Waals surface area (Å²) in [5, 5.41) is 13.4. The van der Waals surface area contributed by atoms with Gasteiger partial charge >= 0.3 is 11.3 Å². The van der Waals surface area contributed by atoms with Crippen molar-refractivity contribution in [2.45, 2.75) is 12.5 Å². The zero-order chi connectivity index (χ0) is 14.9. The van der Waals surface area contributed by atoms with E-state index >= 15 is 0 Å². The van der Waals surface area contributed by atoms with Gasteiger partial charge < -0.3 is 5.11 Å². The van der Waals surface area contributed by atoms with Crippen LogP contribution in [-0.4, -0.2) is 10.4 Å². The highest BCUT2D eigenvalue weighted by Gasteiger charge is 2.42. The lowest BCUT2D eigenvalue weighted by Crippen LogP contribution is -2.46. The van der Waals surface area contributed by atoms with Gasteiger partial charge in [0.1, 0.15) is 0 Å². The Morgan fingerprint density at radius 3 is 2.24 bits per heavy atom. The molecule has 0 fully saturated rings. The smallest absolute Gasteiger partial charge is 0.374 e. The van der Waals surface area contributed by atoms with E-state index in [4.69, 9.17) is 4.52 Å². The molecule has 0 saturated carbocycles. The van der Waals surface area contributed by atoms with Gasteiger partial charge in [-0.05, 0) is 22.4 Å². The number of aromatic amines is 1. The van der Waals surface area contributed by atoms with Crippen LogP contribution in [0.25, 0.3) is 5.69 Å². The Labute approximate surface area is 121 Å². The van der Waals surface area contributed by atoms with Crippen molar-refractivity contribution in [1.29, 1.82) is 0 Å². The first-order valence-corrected chi connectivity index (χ1v) is 6.58. The molecule has 1 unspecified atom stereocenters. The van der Waals surface area contributed by atoms with Crippen LogP contribution < -0.4 is 10.3 Å². The van der Waals surface area contributed by atoms with E-state index in [1.165, 1.54) is 4.68 Å². The molecule has 0 saturated heterocycles. The Morgan fingerprint density at radius 2 is 1.62 bits per heavy atom. The molecular weight excluding hydrogens is 268 g/mol. The van der Waals surface area contributed by atoms with E-state index in [0.717, 1.165) is 0 Å². The molecule has 1 aromatic heterocycles. The minimum atomic E-state index is -1.47. The average molecular weight is 283 g/mol. The molecule has 0 aliphatic carbocycles. The highest BCUT2D eigenvalue weighted by molar-refractivity contribution is 5.29. The molecule has 106 valence electrons. The summed E-state index contributed by atoms with van der Waals surface area (Å²) in [7, 11) is 0. The molecule has 3 aromatic rings. The monoisotopic (exact) mass is 283 g/mol. The second kappa shape index (κ2) is 5.03. The first-order chi connectivity index (χ1) is 10.1. The summed E-state index contributed by atoms with van der Waals surface area (Å²) in [6.07, 6.45) is 0. The average Bonchev–Trinajstić information content (AvgIpc) is 2.91. The zero-order valence-corrected chi connectivity index (χ0v) is 11.5. The number of hydrogen-bond donors (Lipinski definition) is 2. The summed E-state index contributed by atoms with van der Waals surface area (Å²) in [6, 6.07) is 18.2. The Bertz CT molecular complexity index is 789. The van der Waals surface area contributed by atoms with Crippen molar-refractivity contribution < 1.29 is 14.3 Å². The Kier molecular flexibility index (Phi) is 3.19. The molecule has 0 aliphatic heterocycles. The number of nitrogens with one attached hydrogen (secondary N) is 1. The minimum absolute atomic E-state index is 0.125. The van der Waals surface area contributed by atoms with Crippen molar-refractivity contribution in [3.05, 3.63) is 82.3 Å². The van der Waals surface area contributed by atoms with Gasteiger partial charge in [0.05, 0.1) is 0 Å². The van der Waals surface area contributed by atoms with Crippen molar-refractivity contribution >= 4 is 0 Å². The van der Waals surface area contributed by atoms with Crippen molar-refractivity contribution in [2.75, 3.05) is 0 Å². The number of nitrogens with zero attached hydrogens (tertiary/aromatic N) is 1. The number of aliphatic hydroxyl groups is 1. The maximum atomic E-state index is 12.1. The molecule has 5 heteroatoms. The summed E-state index contributed by atoms with van der Waals surface area (Å²) >= 11 is 0. The molecule has 0 aliphatic rings. The maximum absolute atomic E-state index is 12.1. The molecule has 0 bridgehead atoms. The van der Waals surface area contributed by atoms with Crippen LogP contribution in [0.2, 0.25) is 0 Å². The Hall–Kier alpha value is -2.66. The van der Waals surface area contributed by atoms with Crippen LogP contribution in [0.3, 0.4) is 0 Å². The van der Waals surface area contributed by atoms with E-state index in [1.54, 1.807) is 19.1 Å². The van der Waals surface area contributed by atoms with Gasteiger partial charge in [-0.3, -0.25) is 4.52 Å². The number of para-hydroxylation sites is 1. The van der Waals surface area contributed by atoms with Gasteiger partial charge in [-0.25, -0.2) is 4.79 Å². The van der Waals surface area contributed by atoms with Crippen LogP contribution in [0.4, 0.5) is 0 Å². The van der Waals surface area contributed by atoms with E-state index < -0.39 is 11.2 Å². The number of hydrogen-bond acceptors (Lipinski definition) is 3. The normalized spacial score (nSPS) is 13.8. The second-order valence-corrected chi connectivity index (χ2v) is 4.94. The Balaban J connectivity index is 2.20. The maximum Gasteiger partial charge on any atom is 0.434 e. The summed E-state index contributed by atoms with van der Waals surface area (Å²) < 4.78 is 6.33. The van der Waals surface area contributed by atoms with Crippen LogP contribution in [0, 0.1) is 0 Å². The van der Waals surface area contributed by atoms with E-state index in [-0.39, 0.29) is 5.69 Å². The standard InChI is InChI=1S/C16H14N2O3/c1-16(20,12-8-4-2-5-9-12)14-15(19)21-17-18(14)13-10-6-3-7-11-13/h2-11,20H,1H3/p+1. The summed E-state index contributed by atoms with van der Waals surface area (Å²) in [4.78, 5) is 12.1. The van der Waals surface area contributed by atoms with E-state index in [2.05, 4.69) is 5.27 Å². The lowest BCUT2D eigenvalue weighted by molar-refractivity contribution is -0.683. The fraction of sp³-hybridized carbons (Fsp3) is 0.125. The van der Waals surface area contributed by atoms with Crippen molar-refractivity contribution in [3.8, 4) is 5.69 Å². The van der Waals surface area contributed by atoms with Crippen LogP contribution in [-0.2, 0) is 5.60 Å². The molecule has 3 rings (SSSR count). The molecule has 0 amide bonds. The molecular formula is C16H15N2O3+. The zero-order valence-electron chi connectivity index (χ0n) is 11.5. The van der Waals surface area contributed by atoms with Gasteiger partial charge in [-0.15, -0.1) is 0 Å². The second-order valence-electron chi connectivity index (χ2n) is 4.94. The van der Waals surface area contributed by atoms with Gasteiger partial charge in [0.15, 0.2) is 5.60 Å². The molecule has 1 heterocycles. The lowest BCUT2D eigenvalue weighted by atomic mass is 9.92. The first-order valence-electron chi connectivity index (χ1n) is 6.58. The minimum Gasteiger partial charge on any atom is -0.374 e. The van der Waals surface area contributed by atoms with E-state index in [9.17, 15) is 9.90 Å². The van der Waals surface area contributed by atoms with Gasteiger partial charge in [0, 0.05) is 12.1 Å². The summed E-state index contributed by atoms with van der Waals surface area (Å²) in [5.74, 6) is 0. The quantitative estimate of drug-likeness (QED) is 0.716. The molecule has 2 aromatic carbocycles. The topological polar surface area (TPSA) is 70.1 Å². The Morgan fingerprint density at radius 1 is 1.05 bits per heavy atom. The van der Waals surface area contributed by atoms with Crippen molar-refractivity contribution in [3.63, 3.8) is 0 Å². The highest BCUT2D eigenvalue weighted by atomic mass is 16.5. The SMILES string of the molecule is CC(O)(c1ccccc1)c1c(=O)o[nH][n+]1-c1ccccc1. The lowest BCUT2D eigenvalue weighted by Gasteiger charge is -2.17. The predicted octanol–water partition coefficient (Wildman–Crippen LogP) is 1.50. The number of benzene rings is 2. The fourth-order valence-electron chi connectivity index (χ4n) is 2.35. The van der Waals surface area contributed by atoms with Crippen LogP contribution in [0.1, 0.15) is 18.2 Å². The predicted molar refractivity (Wildman–Crippen MR) is 76.0 cm³/mol. The fourth-order valence-corrected chi connectivity index (χ4v) is 2.35. The number of H-pyrrole nitrogens is 1. The summed E-state index contributed by atoms with van der Waals surface area (Å²) in [6.45, 7) is 1.57. The van der Waals surface area contributed by atoms with Gasteiger partial charge in [0.2, 0.25) is 5.69 Å². The highest BCUT2D eigenvalue weighted by Crippen LogP contribution is 2.24. The molecule has 5 nitrogen and oxygen atoms in total. The van der Waals surface area contributed by atoms with Gasteiger partial charge in [-0.2, -0.15) is 0 Å². The third-order valence-corrected chi connectivity index (χ3v) is 3.46. The van der Waals surface area contributed by atoms with E-state index in [0.29, 0.717) is 11.3 Å². The van der Waals surface area contributed by atoms with Crippen molar-refractivity contribution in [1.82, 2.24) is 5.27 Å². The largest absolute Gasteiger partial charge is 0.434 e. The third-order valence-electron chi connectivity index (χ3n) is 3.46. The van der Waals surface area contributed by atoms with Crippen LogP contribution in [0.5, 0.6) is 0 Å².